The molecule has 4 heteroatoms. The molecule has 0 heterocycles. The average molecular weight is 857 g/mol. The summed E-state index contributed by atoms with van der Waals surface area (Å²) in [5.74, 6) is 3.24. The van der Waals surface area contributed by atoms with Gasteiger partial charge < -0.3 is 18.9 Å². The van der Waals surface area contributed by atoms with E-state index in [-0.39, 0.29) is 0 Å². The van der Waals surface area contributed by atoms with E-state index in [0.29, 0.717) is 26.4 Å². The lowest BCUT2D eigenvalue weighted by Gasteiger charge is -2.37. The van der Waals surface area contributed by atoms with Gasteiger partial charge in [0.25, 0.3) is 0 Å². The maximum Gasteiger partial charge on any atom is 0.119 e. The van der Waals surface area contributed by atoms with Gasteiger partial charge in [-0.2, -0.15) is 0 Å². The van der Waals surface area contributed by atoms with E-state index in [1.54, 1.807) is 0 Å². The molecule has 0 unspecified atom stereocenters. The molecule has 0 saturated heterocycles. The highest BCUT2D eigenvalue weighted by Crippen LogP contribution is 2.47. The van der Waals surface area contributed by atoms with E-state index in [1.807, 2.05) is 0 Å². The van der Waals surface area contributed by atoms with E-state index in [9.17, 15) is 0 Å². The Labute approximate surface area is 386 Å². The van der Waals surface area contributed by atoms with Crippen LogP contribution in [0.3, 0.4) is 0 Å². The van der Waals surface area contributed by atoms with Crippen LogP contribution in [0.2, 0.25) is 0 Å². The predicted molar refractivity (Wildman–Crippen MR) is 265 cm³/mol. The molecule has 0 spiro atoms. The number of hydrogen-bond acceptors (Lipinski definition) is 4. The minimum atomic E-state index is -0.744. The van der Waals surface area contributed by atoms with Crippen molar-refractivity contribution in [3.8, 4) is 23.0 Å². The van der Waals surface area contributed by atoms with Gasteiger partial charge in [-0.3, -0.25) is 0 Å². The Morgan fingerprint density at radius 2 is 0.400 bits per heavy atom. The minimum Gasteiger partial charge on any atom is -0.489 e. The van der Waals surface area contributed by atoms with Crippen LogP contribution in [0, 0.1) is 0 Å². The number of rotatable bonds is 20. The lowest BCUT2D eigenvalue weighted by Crippen LogP contribution is -2.31. The van der Waals surface area contributed by atoms with Crippen LogP contribution in [0.1, 0.15) is 94.5 Å². The molecule has 0 atom stereocenters. The van der Waals surface area contributed by atoms with Gasteiger partial charge in [-0.1, -0.05) is 173 Å². The molecule has 0 saturated carbocycles. The predicted octanol–water partition coefficient (Wildman–Crippen LogP) is 14.6. The van der Waals surface area contributed by atoms with Crippen molar-refractivity contribution >= 4 is 0 Å². The third-order valence-electron chi connectivity index (χ3n) is 12.5. The maximum absolute atomic E-state index is 6.38. The third-order valence-corrected chi connectivity index (χ3v) is 12.5. The van der Waals surface area contributed by atoms with Gasteiger partial charge >= 0.3 is 0 Å². The second-order valence-electron chi connectivity index (χ2n) is 16.7. The topological polar surface area (TPSA) is 36.9 Å². The number of hydrogen-bond donors (Lipinski definition) is 0. The molecule has 0 aliphatic heterocycles. The van der Waals surface area contributed by atoms with Crippen molar-refractivity contribution in [1.82, 2.24) is 0 Å². The summed E-state index contributed by atoms with van der Waals surface area (Å²) >= 11 is 0. The summed E-state index contributed by atoms with van der Waals surface area (Å²) in [5, 5.41) is 0. The summed E-state index contributed by atoms with van der Waals surface area (Å²) in [5.41, 5.74) is 13.5. The van der Waals surface area contributed by atoms with Crippen molar-refractivity contribution in [2.75, 3.05) is 0 Å². The average Bonchev–Trinajstić information content (AvgIpc) is 3.38. The summed E-state index contributed by atoms with van der Waals surface area (Å²) in [6, 6.07) is 69.0. The molecule has 8 aromatic rings. The highest BCUT2D eigenvalue weighted by atomic mass is 16.5. The van der Waals surface area contributed by atoms with Gasteiger partial charge in [0.05, 0.1) is 5.41 Å². The molecular weight excluding hydrogens is 797 g/mol. The molecule has 65 heavy (non-hydrogen) atoms. The molecule has 0 aliphatic carbocycles. The highest BCUT2D eigenvalue weighted by molar-refractivity contribution is 5.61. The molecule has 0 bridgehead atoms. The molecule has 328 valence electrons. The van der Waals surface area contributed by atoms with Crippen LogP contribution in [0.5, 0.6) is 23.0 Å². The zero-order valence-corrected chi connectivity index (χ0v) is 38.3. The van der Waals surface area contributed by atoms with Gasteiger partial charge in [0.1, 0.15) is 49.4 Å². The van der Waals surface area contributed by atoms with Gasteiger partial charge in [-0.05, 0) is 141 Å². The Kier molecular flexibility index (Phi) is 14.8. The zero-order valence-electron chi connectivity index (χ0n) is 38.3. The SMILES string of the molecule is CCc1ccc(COc2ccc(C(c3ccc(OCc4ccc(CC)cc4)cc3)(c3ccc(OCc4ccc(CC)cc4)cc3)c3ccc(OCc4ccc(CC)cc4)cc3)cc2)cc1. The fourth-order valence-corrected chi connectivity index (χ4v) is 8.36. The molecule has 0 N–H and O–H groups in total. The number of ether oxygens (including phenoxy) is 4. The van der Waals surface area contributed by atoms with Crippen LogP contribution in [-0.2, 0) is 57.5 Å². The van der Waals surface area contributed by atoms with Crippen LogP contribution in [-0.4, -0.2) is 0 Å². The fraction of sp³-hybridized carbons (Fsp3) is 0.213. The van der Waals surface area contributed by atoms with E-state index in [1.165, 1.54) is 22.3 Å². The first-order valence-electron chi connectivity index (χ1n) is 23.2. The molecule has 0 aromatic heterocycles. The Morgan fingerprint density at radius 3 is 0.569 bits per heavy atom. The van der Waals surface area contributed by atoms with Crippen LogP contribution in [0.25, 0.3) is 0 Å². The quantitative estimate of drug-likeness (QED) is 0.0716. The van der Waals surface area contributed by atoms with Gasteiger partial charge in [0.15, 0.2) is 0 Å². The summed E-state index contributed by atoms with van der Waals surface area (Å²) < 4.78 is 25.5. The molecule has 4 nitrogen and oxygen atoms in total. The van der Waals surface area contributed by atoms with Crippen molar-refractivity contribution in [2.45, 2.75) is 85.2 Å². The summed E-state index contributed by atoms with van der Waals surface area (Å²) in [6.45, 7) is 10.7. The summed E-state index contributed by atoms with van der Waals surface area (Å²) in [7, 11) is 0. The molecule has 0 amide bonds. The van der Waals surface area contributed by atoms with Crippen LogP contribution in [0.15, 0.2) is 194 Å². The Bertz CT molecular complexity index is 2280. The Morgan fingerprint density at radius 1 is 0.231 bits per heavy atom. The van der Waals surface area contributed by atoms with Crippen LogP contribution >= 0.6 is 0 Å². The first kappa shape index (κ1) is 44.6. The molecule has 0 radical (unpaired) electrons. The van der Waals surface area contributed by atoms with Gasteiger partial charge in [-0.25, -0.2) is 0 Å². The lowest BCUT2D eigenvalue weighted by atomic mass is 9.65. The maximum atomic E-state index is 6.38. The lowest BCUT2D eigenvalue weighted by molar-refractivity contribution is 0.306. The number of aryl methyl sites for hydroxylation is 4. The largest absolute Gasteiger partial charge is 0.489 e. The third kappa shape index (κ3) is 11.0. The second-order valence-corrected chi connectivity index (χ2v) is 16.7. The van der Waals surface area contributed by atoms with Crippen LogP contribution in [0.4, 0.5) is 0 Å². The molecule has 8 aromatic carbocycles. The Balaban J connectivity index is 1.15. The molecule has 0 fully saturated rings. The van der Waals surface area contributed by atoms with Crippen molar-refractivity contribution in [3.05, 3.63) is 261 Å². The monoisotopic (exact) mass is 856 g/mol. The van der Waals surface area contributed by atoms with E-state index >= 15 is 0 Å². The van der Waals surface area contributed by atoms with Gasteiger partial charge in [0.2, 0.25) is 0 Å². The molecule has 8 rings (SSSR count). The van der Waals surface area contributed by atoms with Gasteiger partial charge in [-0.15, -0.1) is 0 Å². The van der Waals surface area contributed by atoms with E-state index in [4.69, 9.17) is 18.9 Å². The molecular formula is C61H60O4. The summed E-state index contributed by atoms with van der Waals surface area (Å²) in [4.78, 5) is 0. The van der Waals surface area contributed by atoms with Gasteiger partial charge in [0, 0.05) is 0 Å². The van der Waals surface area contributed by atoms with E-state index < -0.39 is 5.41 Å². The van der Waals surface area contributed by atoms with E-state index in [0.717, 1.165) is 93.2 Å². The minimum absolute atomic E-state index is 0.493. The van der Waals surface area contributed by atoms with Crippen LogP contribution < -0.4 is 18.9 Å². The first-order chi connectivity index (χ1) is 31.9. The van der Waals surface area contributed by atoms with Crippen molar-refractivity contribution in [2.24, 2.45) is 0 Å². The summed E-state index contributed by atoms with van der Waals surface area (Å²) in [6.07, 6.45) is 4.06. The highest BCUT2D eigenvalue weighted by Gasteiger charge is 2.39. The smallest absolute Gasteiger partial charge is 0.119 e. The standard InChI is InChI=1S/C61H60O4/c1-5-45-9-17-49(18-10-45)41-62-57-33-25-53(26-34-57)61(54-27-35-58(36-28-54)63-42-50-19-11-46(6-2)12-20-50,55-29-37-59(38-30-55)64-43-51-21-13-47(7-3)14-22-51)56-31-39-60(40-32-56)65-44-52-23-15-48(8-4)16-24-52/h9-40H,5-8,41-44H2,1-4H3. The van der Waals surface area contributed by atoms with Crippen molar-refractivity contribution in [1.29, 1.82) is 0 Å². The zero-order chi connectivity index (χ0) is 44.9. The number of benzene rings is 8. The van der Waals surface area contributed by atoms with Crippen molar-refractivity contribution < 1.29 is 18.9 Å². The Hall–Kier alpha value is -7.04. The first-order valence-corrected chi connectivity index (χ1v) is 23.2. The van der Waals surface area contributed by atoms with E-state index in [2.05, 4.69) is 222 Å². The second kappa shape index (κ2) is 21.6. The fourth-order valence-electron chi connectivity index (χ4n) is 8.36. The normalized spacial score (nSPS) is 11.3. The van der Waals surface area contributed by atoms with Crippen molar-refractivity contribution in [3.63, 3.8) is 0 Å². The molecule has 0 aliphatic rings.